The highest BCUT2D eigenvalue weighted by molar-refractivity contribution is 4.70. The van der Waals surface area contributed by atoms with Gasteiger partial charge in [0.1, 0.15) is 0 Å². The lowest BCUT2D eigenvalue weighted by Gasteiger charge is -2.17. The van der Waals surface area contributed by atoms with Crippen LogP contribution in [0, 0.1) is 17.8 Å². The molecule has 0 nitrogen and oxygen atoms in total. The maximum absolute atomic E-state index is 2.41. The molecule has 0 spiro atoms. The van der Waals surface area contributed by atoms with Gasteiger partial charge in [-0.3, -0.25) is 0 Å². The number of hydrogen-bond donors (Lipinski definition) is 0. The second-order valence-corrected chi connectivity index (χ2v) is 4.62. The molecule has 0 bridgehead atoms. The molecule has 0 radical (unpaired) electrons. The predicted octanol–water partition coefficient (Wildman–Crippen LogP) is 3.86. The van der Waals surface area contributed by atoms with E-state index in [1.54, 1.807) is 0 Å². The fraction of sp³-hybridized carbons (Fsp3) is 1.00. The molecule has 0 unspecified atom stereocenters. The van der Waals surface area contributed by atoms with Gasteiger partial charge in [0, 0.05) is 0 Å². The molecule has 0 heteroatoms. The highest BCUT2D eigenvalue weighted by Crippen LogP contribution is 2.31. The SMILES string of the molecule is CC(C)[C@@H]1CCC[C@H](C)CC1. The van der Waals surface area contributed by atoms with Gasteiger partial charge in [-0.05, 0) is 24.2 Å². The summed E-state index contributed by atoms with van der Waals surface area (Å²) in [5.41, 5.74) is 0. The first-order chi connectivity index (χ1) is 5.20. The molecule has 0 heterocycles. The quantitative estimate of drug-likeness (QED) is 0.503. The van der Waals surface area contributed by atoms with Crippen LogP contribution in [0.1, 0.15) is 52.9 Å². The molecule has 66 valence electrons. The third-order valence-electron chi connectivity index (χ3n) is 3.24. The molecule has 11 heavy (non-hydrogen) atoms. The van der Waals surface area contributed by atoms with Crippen LogP contribution in [0.15, 0.2) is 0 Å². The molecule has 1 aliphatic carbocycles. The molecular formula is C11H22. The number of hydrogen-bond acceptors (Lipinski definition) is 0. The standard InChI is InChI=1S/C11H22/c1-9(2)11-6-4-5-10(3)7-8-11/h9-11H,4-8H2,1-3H3/t10-,11+/m0/s1. The summed E-state index contributed by atoms with van der Waals surface area (Å²) in [6.07, 6.45) is 7.40. The molecule has 0 aromatic heterocycles. The molecule has 0 amide bonds. The van der Waals surface area contributed by atoms with Gasteiger partial charge in [0.15, 0.2) is 0 Å². The van der Waals surface area contributed by atoms with Gasteiger partial charge < -0.3 is 0 Å². The Labute approximate surface area is 71.4 Å². The molecule has 1 saturated carbocycles. The van der Waals surface area contributed by atoms with E-state index in [1.807, 2.05) is 0 Å². The topological polar surface area (TPSA) is 0 Å². The second-order valence-electron chi connectivity index (χ2n) is 4.62. The van der Waals surface area contributed by atoms with E-state index in [0.29, 0.717) is 0 Å². The van der Waals surface area contributed by atoms with Gasteiger partial charge in [0.2, 0.25) is 0 Å². The normalized spacial score (nSPS) is 33.8. The molecular weight excluding hydrogens is 132 g/mol. The van der Waals surface area contributed by atoms with Gasteiger partial charge in [0.05, 0.1) is 0 Å². The van der Waals surface area contributed by atoms with E-state index in [0.717, 1.165) is 17.8 Å². The second kappa shape index (κ2) is 4.13. The van der Waals surface area contributed by atoms with Crippen molar-refractivity contribution in [2.45, 2.75) is 52.9 Å². The van der Waals surface area contributed by atoms with Crippen LogP contribution in [0.25, 0.3) is 0 Å². The third kappa shape index (κ3) is 2.84. The fourth-order valence-electron chi connectivity index (χ4n) is 2.18. The van der Waals surface area contributed by atoms with Crippen molar-refractivity contribution in [3.8, 4) is 0 Å². The van der Waals surface area contributed by atoms with Crippen LogP contribution in [0.5, 0.6) is 0 Å². The van der Waals surface area contributed by atoms with Gasteiger partial charge >= 0.3 is 0 Å². The highest BCUT2D eigenvalue weighted by atomic mass is 14.2. The minimum atomic E-state index is 0.917. The smallest absolute Gasteiger partial charge is 0.0391 e. The van der Waals surface area contributed by atoms with Crippen LogP contribution >= 0.6 is 0 Å². The van der Waals surface area contributed by atoms with Crippen LogP contribution in [0.3, 0.4) is 0 Å². The number of rotatable bonds is 1. The van der Waals surface area contributed by atoms with E-state index >= 15 is 0 Å². The lowest BCUT2D eigenvalue weighted by atomic mass is 9.89. The summed E-state index contributed by atoms with van der Waals surface area (Å²) in [7, 11) is 0. The van der Waals surface area contributed by atoms with E-state index in [-0.39, 0.29) is 0 Å². The van der Waals surface area contributed by atoms with E-state index in [1.165, 1.54) is 32.1 Å². The maximum atomic E-state index is 2.41. The van der Waals surface area contributed by atoms with Crippen LogP contribution < -0.4 is 0 Å². The van der Waals surface area contributed by atoms with E-state index < -0.39 is 0 Å². The molecule has 0 saturated heterocycles. The summed E-state index contributed by atoms with van der Waals surface area (Å²) in [5.74, 6) is 2.94. The van der Waals surface area contributed by atoms with Crippen molar-refractivity contribution in [1.82, 2.24) is 0 Å². The summed E-state index contributed by atoms with van der Waals surface area (Å²) >= 11 is 0. The minimum Gasteiger partial charge on any atom is -0.0625 e. The Morgan fingerprint density at radius 2 is 1.73 bits per heavy atom. The summed E-state index contributed by atoms with van der Waals surface area (Å²) < 4.78 is 0. The van der Waals surface area contributed by atoms with Gasteiger partial charge in [-0.15, -0.1) is 0 Å². The van der Waals surface area contributed by atoms with Gasteiger partial charge in [-0.25, -0.2) is 0 Å². The highest BCUT2D eigenvalue weighted by Gasteiger charge is 2.18. The van der Waals surface area contributed by atoms with E-state index in [2.05, 4.69) is 20.8 Å². The van der Waals surface area contributed by atoms with Gasteiger partial charge in [0.25, 0.3) is 0 Å². The van der Waals surface area contributed by atoms with Crippen molar-refractivity contribution in [3.63, 3.8) is 0 Å². The Kier molecular flexibility index (Phi) is 3.42. The Balaban J connectivity index is 2.34. The Bertz CT molecular complexity index is 105. The van der Waals surface area contributed by atoms with Crippen molar-refractivity contribution in [2.24, 2.45) is 17.8 Å². The summed E-state index contributed by atoms with van der Waals surface area (Å²) in [4.78, 5) is 0. The predicted molar refractivity (Wildman–Crippen MR) is 50.6 cm³/mol. The third-order valence-corrected chi connectivity index (χ3v) is 3.24. The molecule has 1 aliphatic rings. The van der Waals surface area contributed by atoms with Crippen molar-refractivity contribution >= 4 is 0 Å². The monoisotopic (exact) mass is 154 g/mol. The zero-order chi connectivity index (χ0) is 8.27. The first kappa shape index (κ1) is 9.09. The largest absolute Gasteiger partial charge is 0.0625 e. The molecule has 1 fully saturated rings. The average molecular weight is 154 g/mol. The summed E-state index contributed by atoms with van der Waals surface area (Å²) in [5, 5.41) is 0. The van der Waals surface area contributed by atoms with Crippen molar-refractivity contribution in [1.29, 1.82) is 0 Å². The summed E-state index contributed by atoms with van der Waals surface area (Å²) in [6, 6.07) is 0. The Hall–Kier alpha value is 0. The Morgan fingerprint density at radius 1 is 1.00 bits per heavy atom. The molecule has 1 rings (SSSR count). The zero-order valence-electron chi connectivity index (χ0n) is 8.27. The van der Waals surface area contributed by atoms with Crippen LogP contribution in [0.4, 0.5) is 0 Å². The molecule has 0 aromatic carbocycles. The zero-order valence-corrected chi connectivity index (χ0v) is 8.27. The van der Waals surface area contributed by atoms with Crippen molar-refractivity contribution in [2.75, 3.05) is 0 Å². The van der Waals surface area contributed by atoms with E-state index in [4.69, 9.17) is 0 Å². The van der Waals surface area contributed by atoms with Gasteiger partial charge in [-0.2, -0.15) is 0 Å². The molecule has 0 aromatic rings. The molecule has 0 N–H and O–H groups in total. The maximum Gasteiger partial charge on any atom is -0.0391 e. The molecule has 2 atom stereocenters. The van der Waals surface area contributed by atoms with Crippen LogP contribution in [-0.2, 0) is 0 Å². The van der Waals surface area contributed by atoms with Gasteiger partial charge in [-0.1, -0.05) is 46.5 Å². The minimum absolute atomic E-state index is 0.917. The van der Waals surface area contributed by atoms with Crippen molar-refractivity contribution in [3.05, 3.63) is 0 Å². The lowest BCUT2D eigenvalue weighted by Crippen LogP contribution is -2.06. The first-order valence-corrected chi connectivity index (χ1v) is 5.20. The first-order valence-electron chi connectivity index (χ1n) is 5.20. The van der Waals surface area contributed by atoms with Crippen LogP contribution in [-0.4, -0.2) is 0 Å². The molecule has 0 aliphatic heterocycles. The Morgan fingerprint density at radius 3 is 2.36 bits per heavy atom. The van der Waals surface area contributed by atoms with Crippen LogP contribution in [0.2, 0.25) is 0 Å². The fourth-order valence-corrected chi connectivity index (χ4v) is 2.18. The average Bonchev–Trinajstić information content (AvgIpc) is 2.13. The lowest BCUT2D eigenvalue weighted by molar-refractivity contribution is 0.338. The van der Waals surface area contributed by atoms with E-state index in [9.17, 15) is 0 Å². The summed E-state index contributed by atoms with van der Waals surface area (Å²) in [6.45, 7) is 7.16. The van der Waals surface area contributed by atoms with Crippen molar-refractivity contribution < 1.29 is 0 Å².